The minimum atomic E-state index is -0.865. The molecule has 6 heteroatoms. The molecule has 0 atom stereocenters. The van der Waals surface area contributed by atoms with Gasteiger partial charge < -0.3 is 10.4 Å². The molecule has 5 nitrogen and oxygen atoms in total. The van der Waals surface area contributed by atoms with E-state index in [1.54, 1.807) is 17.8 Å². The van der Waals surface area contributed by atoms with Crippen LogP contribution in [0.3, 0.4) is 0 Å². The highest BCUT2D eigenvalue weighted by molar-refractivity contribution is 7.13. The van der Waals surface area contributed by atoms with Crippen molar-refractivity contribution >= 4 is 22.4 Å². The molecule has 88 valence electrons. The minimum absolute atomic E-state index is 0.0343. The fraction of sp³-hybridized carbons (Fsp3) is 0.182. The van der Waals surface area contributed by atoms with Crippen LogP contribution in [-0.4, -0.2) is 21.0 Å². The van der Waals surface area contributed by atoms with Gasteiger partial charge in [-0.05, 0) is 17.7 Å². The quantitative estimate of drug-likeness (QED) is 0.844. The summed E-state index contributed by atoms with van der Waals surface area (Å²) in [6.07, 6.45) is 3.43. The molecule has 0 saturated carbocycles. The number of hydrogen-bond acceptors (Lipinski definition) is 5. The lowest BCUT2D eigenvalue weighted by Crippen LogP contribution is -2.02. The lowest BCUT2D eigenvalue weighted by molar-refractivity contribution is -0.136. The van der Waals surface area contributed by atoms with E-state index in [2.05, 4.69) is 15.3 Å². The first-order chi connectivity index (χ1) is 8.24. The summed E-state index contributed by atoms with van der Waals surface area (Å²) in [6, 6.07) is 3.83. The molecule has 2 N–H and O–H groups in total. The first kappa shape index (κ1) is 11.5. The molecule has 0 aliphatic rings. The maximum atomic E-state index is 10.5. The van der Waals surface area contributed by atoms with Crippen molar-refractivity contribution < 1.29 is 9.90 Å². The van der Waals surface area contributed by atoms with Gasteiger partial charge in [-0.25, -0.2) is 4.98 Å². The van der Waals surface area contributed by atoms with E-state index in [0.717, 1.165) is 10.7 Å². The van der Waals surface area contributed by atoms with E-state index < -0.39 is 5.97 Å². The van der Waals surface area contributed by atoms with Crippen molar-refractivity contribution in [2.45, 2.75) is 13.0 Å². The van der Waals surface area contributed by atoms with Gasteiger partial charge in [-0.15, -0.1) is 11.3 Å². The molecule has 0 aliphatic heterocycles. The third-order valence-corrected chi connectivity index (χ3v) is 2.93. The normalized spacial score (nSPS) is 10.1. The second-order valence-electron chi connectivity index (χ2n) is 3.42. The van der Waals surface area contributed by atoms with Crippen LogP contribution in [0.2, 0.25) is 0 Å². The smallest absolute Gasteiger partial charge is 0.309 e. The highest BCUT2D eigenvalue weighted by Crippen LogP contribution is 2.16. The molecule has 0 radical (unpaired) electrons. The van der Waals surface area contributed by atoms with Crippen LogP contribution in [0.25, 0.3) is 0 Å². The Kier molecular flexibility index (Phi) is 3.66. The van der Waals surface area contributed by atoms with Gasteiger partial charge in [0, 0.05) is 24.3 Å². The average Bonchev–Trinajstić information content (AvgIpc) is 2.75. The van der Waals surface area contributed by atoms with Gasteiger partial charge in [0.05, 0.1) is 12.1 Å². The summed E-state index contributed by atoms with van der Waals surface area (Å²) in [5.74, 6) is -0.865. The Balaban J connectivity index is 1.91. The van der Waals surface area contributed by atoms with E-state index in [0.29, 0.717) is 12.2 Å². The SMILES string of the molecule is O=C(O)Cc1csc(NCc2ccncc2)n1. The molecular weight excluding hydrogens is 238 g/mol. The molecule has 0 amide bonds. The Bertz CT molecular complexity index is 498. The zero-order valence-electron chi connectivity index (χ0n) is 8.96. The number of aliphatic carboxylic acids is 1. The van der Waals surface area contributed by atoms with E-state index >= 15 is 0 Å². The number of hydrogen-bond donors (Lipinski definition) is 2. The number of nitrogens with one attached hydrogen (secondary N) is 1. The van der Waals surface area contributed by atoms with Crippen molar-refractivity contribution in [3.05, 3.63) is 41.2 Å². The number of nitrogens with zero attached hydrogens (tertiary/aromatic N) is 2. The molecule has 0 aromatic carbocycles. The van der Waals surface area contributed by atoms with Crippen LogP contribution < -0.4 is 5.32 Å². The fourth-order valence-electron chi connectivity index (χ4n) is 1.30. The second-order valence-corrected chi connectivity index (χ2v) is 4.28. The lowest BCUT2D eigenvalue weighted by Gasteiger charge is -2.01. The number of carbonyl (C=O) groups is 1. The first-order valence-corrected chi connectivity index (χ1v) is 5.91. The van der Waals surface area contributed by atoms with E-state index in [4.69, 9.17) is 5.11 Å². The first-order valence-electron chi connectivity index (χ1n) is 5.03. The van der Waals surface area contributed by atoms with Crippen LogP contribution in [0, 0.1) is 0 Å². The standard InChI is InChI=1S/C11H11N3O2S/c15-10(16)5-9-7-17-11(14-9)13-6-8-1-3-12-4-2-8/h1-4,7H,5-6H2,(H,13,14)(H,15,16). The number of pyridine rings is 1. The summed E-state index contributed by atoms with van der Waals surface area (Å²) in [7, 11) is 0. The summed E-state index contributed by atoms with van der Waals surface area (Å²) in [4.78, 5) is 18.6. The van der Waals surface area contributed by atoms with Gasteiger partial charge in [0.15, 0.2) is 5.13 Å². The summed E-state index contributed by atoms with van der Waals surface area (Å²) >= 11 is 1.41. The lowest BCUT2D eigenvalue weighted by atomic mass is 10.3. The third-order valence-electron chi connectivity index (χ3n) is 2.08. The van der Waals surface area contributed by atoms with E-state index in [1.165, 1.54) is 11.3 Å². The van der Waals surface area contributed by atoms with Crippen molar-refractivity contribution in [1.29, 1.82) is 0 Å². The van der Waals surface area contributed by atoms with E-state index in [-0.39, 0.29) is 6.42 Å². The molecule has 0 spiro atoms. The zero-order chi connectivity index (χ0) is 12.1. The minimum Gasteiger partial charge on any atom is -0.481 e. The summed E-state index contributed by atoms with van der Waals surface area (Å²) < 4.78 is 0. The number of anilines is 1. The Morgan fingerprint density at radius 1 is 1.41 bits per heavy atom. The molecular formula is C11H11N3O2S. The van der Waals surface area contributed by atoms with Gasteiger partial charge in [0.25, 0.3) is 0 Å². The number of carboxylic acid groups (broad SMARTS) is 1. The Hall–Kier alpha value is -1.95. The monoisotopic (exact) mass is 249 g/mol. The molecule has 2 aromatic rings. The van der Waals surface area contributed by atoms with Crippen LogP contribution in [0.5, 0.6) is 0 Å². The van der Waals surface area contributed by atoms with Crippen molar-refractivity contribution in [3.8, 4) is 0 Å². The van der Waals surface area contributed by atoms with E-state index in [1.807, 2.05) is 12.1 Å². The van der Waals surface area contributed by atoms with Crippen molar-refractivity contribution in [2.75, 3.05) is 5.32 Å². The molecule has 2 aromatic heterocycles. The molecule has 0 bridgehead atoms. The number of carboxylic acids is 1. The number of thiazole rings is 1. The second kappa shape index (κ2) is 5.40. The molecule has 2 heterocycles. The maximum Gasteiger partial charge on any atom is 0.309 e. The van der Waals surface area contributed by atoms with Gasteiger partial charge >= 0.3 is 5.97 Å². The summed E-state index contributed by atoms with van der Waals surface area (Å²) in [5, 5.41) is 14.2. The van der Waals surface area contributed by atoms with Gasteiger partial charge in [-0.1, -0.05) is 0 Å². The zero-order valence-corrected chi connectivity index (χ0v) is 9.78. The summed E-state index contributed by atoms with van der Waals surface area (Å²) in [6.45, 7) is 0.655. The molecule has 0 fully saturated rings. The topological polar surface area (TPSA) is 75.1 Å². The molecule has 0 saturated heterocycles. The van der Waals surface area contributed by atoms with Crippen LogP contribution in [0.15, 0.2) is 29.9 Å². The molecule has 17 heavy (non-hydrogen) atoms. The van der Waals surface area contributed by atoms with Crippen LogP contribution >= 0.6 is 11.3 Å². The third kappa shape index (κ3) is 3.53. The maximum absolute atomic E-state index is 10.5. The van der Waals surface area contributed by atoms with Gasteiger partial charge in [-0.3, -0.25) is 9.78 Å². The Labute approximate surface area is 102 Å². The van der Waals surface area contributed by atoms with Crippen LogP contribution in [-0.2, 0) is 17.8 Å². The predicted molar refractivity (Wildman–Crippen MR) is 65.0 cm³/mol. The van der Waals surface area contributed by atoms with Crippen molar-refractivity contribution in [1.82, 2.24) is 9.97 Å². The molecule has 0 unspecified atom stereocenters. The van der Waals surface area contributed by atoms with Crippen LogP contribution in [0.4, 0.5) is 5.13 Å². The van der Waals surface area contributed by atoms with Crippen molar-refractivity contribution in [3.63, 3.8) is 0 Å². The van der Waals surface area contributed by atoms with Crippen LogP contribution in [0.1, 0.15) is 11.3 Å². The molecule has 0 aliphatic carbocycles. The summed E-state index contributed by atoms with van der Waals surface area (Å²) in [5.41, 5.74) is 1.69. The van der Waals surface area contributed by atoms with Crippen molar-refractivity contribution in [2.24, 2.45) is 0 Å². The average molecular weight is 249 g/mol. The van der Waals surface area contributed by atoms with Gasteiger partial charge in [0.1, 0.15) is 0 Å². The van der Waals surface area contributed by atoms with Gasteiger partial charge in [-0.2, -0.15) is 0 Å². The predicted octanol–water partition coefficient (Wildman–Crippen LogP) is 1.78. The highest BCUT2D eigenvalue weighted by atomic mass is 32.1. The molecule has 2 rings (SSSR count). The number of rotatable bonds is 5. The van der Waals surface area contributed by atoms with Gasteiger partial charge in [0.2, 0.25) is 0 Å². The highest BCUT2D eigenvalue weighted by Gasteiger charge is 2.05. The largest absolute Gasteiger partial charge is 0.481 e. The Morgan fingerprint density at radius 3 is 2.88 bits per heavy atom. The Morgan fingerprint density at radius 2 is 2.18 bits per heavy atom. The van der Waals surface area contributed by atoms with E-state index in [9.17, 15) is 4.79 Å². The number of aromatic nitrogens is 2. The fourth-order valence-corrected chi connectivity index (χ4v) is 2.01.